The number of rotatable bonds is 1. The van der Waals surface area contributed by atoms with Crippen LogP contribution in [0.3, 0.4) is 0 Å². The average molecular weight is 250 g/mol. The van der Waals surface area contributed by atoms with E-state index in [2.05, 4.69) is 10.2 Å². The van der Waals surface area contributed by atoms with Crippen molar-refractivity contribution in [3.05, 3.63) is 24.1 Å². The zero-order chi connectivity index (χ0) is 12.8. The molecule has 1 aliphatic heterocycles. The van der Waals surface area contributed by atoms with E-state index in [4.69, 9.17) is 0 Å². The highest BCUT2D eigenvalue weighted by atomic mass is 19.1. The van der Waals surface area contributed by atoms with Gasteiger partial charge in [-0.3, -0.25) is 4.40 Å². The zero-order valence-corrected chi connectivity index (χ0v) is 10.2. The molecule has 1 saturated heterocycles. The van der Waals surface area contributed by atoms with Crippen molar-refractivity contribution in [3.8, 4) is 0 Å². The van der Waals surface area contributed by atoms with Crippen molar-refractivity contribution in [1.29, 1.82) is 0 Å². The van der Waals surface area contributed by atoms with Crippen LogP contribution in [0.15, 0.2) is 18.3 Å². The van der Waals surface area contributed by atoms with Crippen LogP contribution in [0.1, 0.15) is 19.8 Å². The summed E-state index contributed by atoms with van der Waals surface area (Å²) in [5.74, 6) is 0.326. The molecule has 6 heteroatoms. The van der Waals surface area contributed by atoms with Gasteiger partial charge in [0.1, 0.15) is 5.82 Å². The number of aliphatic hydroxyl groups is 1. The van der Waals surface area contributed by atoms with Crippen LogP contribution in [0.2, 0.25) is 0 Å². The highest BCUT2D eigenvalue weighted by Crippen LogP contribution is 2.25. The van der Waals surface area contributed by atoms with E-state index in [0.29, 0.717) is 37.5 Å². The van der Waals surface area contributed by atoms with Crippen LogP contribution in [0, 0.1) is 5.82 Å². The van der Waals surface area contributed by atoms with Crippen molar-refractivity contribution in [2.45, 2.75) is 25.4 Å². The average Bonchev–Trinajstić information content (AvgIpc) is 2.72. The van der Waals surface area contributed by atoms with Crippen LogP contribution in [0.25, 0.3) is 5.65 Å². The molecule has 0 atom stereocenters. The molecule has 2 aromatic heterocycles. The molecule has 0 radical (unpaired) electrons. The molecule has 0 aromatic carbocycles. The summed E-state index contributed by atoms with van der Waals surface area (Å²) in [6, 6.07) is 2.97. The molecule has 5 nitrogen and oxygen atoms in total. The summed E-state index contributed by atoms with van der Waals surface area (Å²) in [7, 11) is 0. The Labute approximate surface area is 104 Å². The van der Waals surface area contributed by atoms with Gasteiger partial charge in [-0.05, 0) is 31.9 Å². The number of nitrogens with zero attached hydrogens (tertiary/aromatic N) is 4. The number of hydrogen-bond donors (Lipinski definition) is 1. The lowest BCUT2D eigenvalue weighted by Gasteiger charge is -2.35. The first-order valence-electron chi connectivity index (χ1n) is 6.03. The van der Waals surface area contributed by atoms with Gasteiger partial charge in [-0.2, -0.15) is 0 Å². The fraction of sp³-hybridized carbons (Fsp3) is 0.500. The first kappa shape index (κ1) is 11.4. The number of piperidine rings is 1. The van der Waals surface area contributed by atoms with E-state index in [1.54, 1.807) is 10.5 Å². The van der Waals surface area contributed by atoms with Crippen molar-refractivity contribution in [3.63, 3.8) is 0 Å². The van der Waals surface area contributed by atoms with Crippen LogP contribution < -0.4 is 4.90 Å². The number of fused-ring (bicyclic) bond motifs is 1. The van der Waals surface area contributed by atoms with Crippen LogP contribution >= 0.6 is 0 Å². The Kier molecular flexibility index (Phi) is 2.48. The third kappa shape index (κ3) is 1.92. The third-order valence-electron chi connectivity index (χ3n) is 3.47. The standard InChI is InChI=1S/C12H15FN4O/c1-12(18)4-6-16(7-5-12)11-15-14-10-3-2-9(13)8-17(10)11/h2-3,8,18H,4-7H2,1H3. The molecule has 96 valence electrons. The fourth-order valence-electron chi connectivity index (χ4n) is 2.26. The van der Waals surface area contributed by atoms with Crippen molar-refractivity contribution in [1.82, 2.24) is 14.6 Å². The largest absolute Gasteiger partial charge is 0.390 e. The van der Waals surface area contributed by atoms with Gasteiger partial charge in [-0.25, -0.2) is 4.39 Å². The molecule has 1 N–H and O–H groups in total. The second-order valence-electron chi connectivity index (χ2n) is 5.06. The lowest BCUT2D eigenvalue weighted by atomic mass is 9.94. The molecule has 18 heavy (non-hydrogen) atoms. The Morgan fingerprint density at radius 1 is 1.28 bits per heavy atom. The summed E-state index contributed by atoms with van der Waals surface area (Å²) in [5, 5.41) is 18.0. The molecule has 3 heterocycles. The molecular formula is C12H15FN4O. The summed E-state index contributed by atoms with van der Waals surface area (Å²) < 4.78 is 14.9. The van der Waals surface area contributed by atoms with Crippen molar-refractivity contribution in [2.24, 2.45) is 0 Å². The number of hydrogen-bond acceptors (Lipinski definition) is 4. The zero-order valence-electron chi connectivity index (χ0n) is 10.2. The van der Waals surface area contributed by atoms with Crippen molar-refractivity contribution < 1.29 is 9.50 Å². The quantitative estimate of drug-likeness (QED) is 0.826. The number of pyridine rings is 1. The Hall–Kier alpha value is -1.69. The predicted octanol–water partition coefficient (Wildman–Crippen LogP) is 1.22. The Bertz CT molecular complexity index is 570. The van der Waals surface area contributed by atoms with Gasteiger partial charge in [0.2, 0.25) is 5.95 Å². The molecule has 0 unspecified atom stereocenters. The van der Waals surface area contributed by atoms with Crippen molar-refractivity contribution in [2.75, 3.05) is 18.0 Å². The van der Waals surface area contributed by atoms with Crippen LogP contribution in [0.5, 0.6) is 0 Å². The van der Waals surface area contributed by atoms with E-state index < -0.39 is 5.60 Å². The molecule has 1 fully saturated rings. The van der Waals surface area contributed by atoms with E-state index in [1.807, 2.05) is 11.8 Å². The van der Waals surface area contributed by atoms with Gasteiger partial charge in [0.05, 0.1) is 5.60 Å². The van der Waals surface area contributed by atoms with E-state index in [-0.39, 0.29) is 5.82 Å². The summed E-state index contributed by atoms with van der Waals surface area (Å²) in [6.07, 6.45) is 2.74. The van der Waals surface area contributed by atoms with Gasteiger partial charge in [0.25, 0.3) is 0 Å². The monoisotopic (exact) mass is 250 g/mol. The lowest BCUT2D eigenvalue weighted by molar-refractivity contribution is 0.0348. The maximum atomic E-state index is 13.2. The van der Waals surface area contributed by atoms with Gasteiger partial charge < -0.3 is 10.0 Å². The second kappa shape index (κ2) is 3.91. The topological polar surface area (TPSA) is 53.7 Å². The van der Waals surface area contributed by atoms with E-state index in [1.165, 1.54) is 12.3 Å². The summed E-state index contributed by atoms with van der Waals surface area (Å²) in [4.78, 5) is 2.03. The minimum absolute atomic E-state index is 0.312. The molecule has 0 amide bonds. The molecule has 0 bridgehead atoms. The molecule has 1 aliphatic rings. The third-order valence-corrected chi connectivity index (χ3v) is 3.47. The minimum atomic E-state index is -0.609. The maximum absolute atomic E-state index is 13.2. The van der Waals surface area contributed by atoms with E-state index >= 15 is 0 Å². The summed E-state index contributed by atoms with van der Waals surface area (Å²) in [6.45, 7) is 3.24. The SMILES string of the molecule is CC1(O)CCN(c2nnc3ccc(F)cn23)CC1. The number of aromatic nitrogens is 3. The van der Waals surface area contributed by atoms with Crippen LogP contribution in [0.4, 0.5) is 10.3 Å². The lowest BCUT2D eigenvalue weighted by Crippen LogP contribution is -2.43. The Balaban J connectivity index is 1.93. The molecule has 2 aromatic rings. The first-order valence-corrected chi connectivity index (χ1v) is 6.03. The summed E-state index contributed by atoms with van der Waals surface area (Å²) in [5.41, 5.74) is 0.0196. The smallest absolute Gasteiger partial charge is 0.231 e. The van der Waals surface area contributed by atoms with E-state index in [0.717, 1.165) is 0 Å². The van der Waals surface area contributed by atoms with Gasteiger partial charge in [-0.15, -0.1) is 10.2 Å². The van der Waals surface area contributed by atoms with Crippen LogP contribution in [-0.2, 0) is 0 Å². The second-order valence-corrected chi connectivity index (χ2v) is 5.06. The van der Waals surface area contributed by atoms with Gasteiger partial charge in [0, 0.05) is 19.3 Å². The number of anilines is 1. The normalized spacial score (nSPS) is 19.4. The highest BCUT2D eigenvalue weighted by Gasteiger charge is 2.29. The highest BCUT2D eigenvalue weighted by molar-refractivity contribution is 5.46. The molecule has 0 aliphatic carbocycles. The van der Waals surface area contributed by atoms with E-state index in [9.17, 15) is 9.50 Å². The molecule has 0 spiro atoms. The molecule has 0 saturated carbocycles. The maximum Gasteiger partial charge on any atom is 0.231 e. The van der Waals surface area contributed by atoms with Crippen LogP contribution in [-0.4, -0.2) is 38.4 Å². The molecular weight excluding hydrogens is 235 g/mol. The summed E-state index contributed by atoms with van der Waals surface area (Å²) >= 11 is 0. The first-order chi connectivity index (χ1) is 8.55. The predicted molar refractivity (Wildman–Crippen MR) is 65.0 cm³/mol. The van der Waals surface area contributed by atoms with Gasteiger partial charge in [0.15, 0.2) is 5.65 Å². The Morgan fingerprint density at radius 3 is 2.72 bits per heavy atom. The minimum Gasteiger partial charge on any atom is -0.390 e. The van der Waals surface area contributed by atoms with Gasteiger partial charge >= 0.3 is 0 Å². The number of halogens is 1. The molecule has 3 rings (SSSR count). The fourth-order valence-corrected chi connectivity index (χ4v) is 2.26. The van der Waals surface area contributed by atoms with Gasteiger partial charge in [-0.1, -0.05) is 0 Å². The van der Waals surface area contributed by atoms with Crippen molar-refractivity contribution >= 4 is 11.6 Å². The Morgan fingerprint density at radius 2 is 2.00 bits per heavy atom.